The van der Waals surface area contributed by atoms with Gasteiger partial charge in [-0.25, -0.2) is 0 Å². The summed E-state index contributed by atoms with van der Waals surface area (Å²) < 4.78 is 0. The van der Waals surface area contributed by atoms with Crippen molar-refractivity contribution in [3.8, 4) is 0 Å². The number of nitrogens with zero attached hydrogens (tertiary/aromatic N) is 1. The zero-order valence-electron chi connectivity index (χ0n) is 13.6. The lowest BCUT2D eigenvalue weighted by Crippen LogP contribution is -2.57. The van der Waals surface area contributed by atoms with Gasteiger partial charge in [-0.2, -0.15) is 0 Å². The zero-order valence-corrected chi connectivity index (χ0v) is 13.6. The first kappa shape index (κ1) is 18.2. The summed E-state index contributed by atoms with van der Waals surface area (Å²) in [6, 6.07) is 9.32. The van der Waals surface area contributed by atoms with Gasteiger partial charge in [0.05, 0.1) is 12.6 Å². The Morgan fingerprint density at radius 3 is 2.67 bits per heavy atom. The molecule has 1 amide bonds. The highest BCUT2D eigenvalue weighted by molar-refractivity contribution is 5.78. The van der Waals surface area contributed by atoms with Gasteiger partial charge in [0.2, 0.25) is 5.91 Å². The highest BCUT2D eigenvalue weighted by Gasteiger charge is 2.48. The van der Waals surface area contributed by atoms with E-state index in [1.807, 2.05) is 30.3 Å². The number of carboxylic acids is 1. The molecule has 2 atom stereocenters. The number of aliphatic hydroxyl groups excluding tert-OH is 1. The molecule has 3 N–H and O–H groups in total. The lowest BCUT2D eigenvalue weighted by Gasteiger charge is -2.42. The van der Waals surface area contributed by atoms with Crippen molar-refractivity contribution in [1.82, 2.24) is 10.2 Å². The molecule has 0 aromatic heterocycles. The minimum absolute atomic E-state index is 0.145. The fourth-order valence-electron chi connectivity index (χ4n) is 3.11. The lowest BCUT2D eigenvalue weighted by molar-refractivity contribution is -0.163. The normalized spacial score (nSPS) is 24.3. The van der Waals surface area contributed by atoms with Crippen molar-refractivity contribution in [3.63, 3.8) is 0 Å². The van der Waals surface area contributed by atoms with Crippen molar-refractivity contribution < 1.29 is 19.8 Å². The number of carbonyl (C=O) groups excluding carboxylic acids is 1. The van der Waals surface area contributed by atoms with E-state index < -0.39 is 17.5 Å². The zero-order chi connectivity index (χ0) is 17.6. The number of nitrogens with one attached hydrogen (secondary N) is 1. The summed E-state index contributed by atoms with van der Waals surface area (Å²) in [6.07, 6.45) is 1.14. The van der Waals surface area contributed by atoms with Crippen LogP contribution in [0.15, 0.2) is 43.0 Å². The first-order chi connectivity index (χ1) is 11.5. The van der Waals surface area contributed by atoms with Crippen LogP contribution >= 0.6 is 0 Å². The van der Waals surface area contributed by atoms with Gasteiger partial charge in [0.25, 0.3) is 0 Å². The van der Waals surface area contributed by atoms with Crippen molar-refractivity contribution in [2.24, 2.45) is 5.41 Å². The highest BCUT2D eigenvalue weighted by atomic mass is 16.4. The fourth-order valence-corrected chi connectivity index (χ4v) is 3.11. The summed E-state index contributed by atoms with van der Waals surface area (Å²) in [7, 11) is 0. The number of hydrogen-bond acceptors (Lipinski definition) is 4. The number of aliphatic carboxylic acids is 1. The van der Waals surface area contributed by atoms with Crippen molar-refractivity contribution in [2.45, 2.75) is 18.9 Å². The molecule has 24 heavy (non-hydrogen) atoms. The van der Waals surface area contributed by atoms with E-state index in [1.165, 1.54) is 0 Å². The molecule has 0 unspecified atom stereocenters. The van der Waals surface area contributed by atoms with Gasteiger partial charge < -0.3 is 15.5 Å². The number of hydrogen-bond donors (Lipinski definition) is 3. The topological polar surface area (TPSA) is 89.9 Å². The fraction of sp³-hybridized carbons (Fsp3) is 0.444. The van der Waals surface area contributed by atoms with E-state index in [0.29, 0.717) is 19.5 Å². The number of carbonyl (C=O) groups is 2. The van der Waals surface area contributed by atoms with E-state index in [1.54, 1.807) is 11.0 Å². The summed E-state index contributed by atoms with van der Waals surface area (Å²) in [4.78, 5) is 25.4. The highest BCUT2D eigenvalue weighted by Crippen LogP contribution is 2.36. The number of benzene rings is 1. The number of piperidine rings is 1. The molecule has 1 heterocycles. The molecule has 0 radical (unpaired) electrons. The van der Waals surface area contributed by atoms with Crippen molar-refractivity contribution >= 4 is 11.9 Å². The molecule has 1 aliphatic heterocycles. The number of aliphatic hydroxyl groups is 1. The van der Waals surface area contributed by atoms with E-state index in [2.05, 4.69) is 11.9 Å². The Morgan fingerprint density at radius 1 is 1.38 bits per heavy atom. The van der Waals surface area contributed by atoms with Crippen LogP contribution in [0.1, 0.15) is 12.0 Å². The van der Waals surface area contributed by atoms with Crippen LogP contribution in [0, 0.1) is 5.41 Å². The second kappa shape index (κ2) is 8.08. The van der Waals surface area contributed by atoms with Gasteiger partial charge in [-0.1, -0.05) is 36.4 Å². The molecule has 1 saturated heterocycles. The maximum Gasteiger partial charge on any atom is 0.312 e. The molecule has 0 saturated carbocycles. The van der Waals surface area contributed by atoms with Crippen LogP contribution in [0.25, 0.3) is 0 Å². The summed E-state index contributed by atoms with van der Waals surface area (Å²) >= 11 is 0. The average Bonchev–Trinajstić information content (AvgIpc) is 2.56. The van der Waals surface area contributed by atoms with Crippen molar-refractivity contribution in [1.29, 1.82) is 0 Å². The molecule has 0 bridgehead atoms. The molecule has 1 aromatic rings. The second-order valence-corrected chi connectivity index (χ2v) is 6.22. The van der Waals surface area contributed by atoms with Crippen LogP contribution in [0.4, 0.5) is 0 Å². The van der Waals surface area contributed by atoms with Crippen LogP contribution < -0.4 is 5.32 Å². The quantitative estimate of drug-likeness (QED) is 0.639. The second-order valence-electron chi connectivity index (χ2n) is 6.22. The third kappa shape index (κ3) is 4.21. The standard InChI is InChI=1S/C18H24N2O4/c1-2-9-19-16(22)13-20-10-8-18(17(23)24,15(21)12-20)11-14-6-4-3-5-7-14/h2-7,15,21H,1,8-13H2,(H,19,22)(H,23,24)/t15-,18+/m0/s1. The van der Waals surface area contributed by atoms with Gasteiger partial charge in [0.1, 0.15) is 5.41 Å². The van der Waals surface area contributed by atoms with Crippen LogP contribution in [0.2, 0.25) is 0 Å². The van der Waals surface area contributed by atoms with E-state index in [4.69, 9.17) is 0 Å². The van der Waals surface area contributed by atoms with Gasteiger partial charge in [-0.05, 0) is 24.9 Å². The third-order valence-electron chi connectivity index (χ3n) is 4.54. The Balaban J connectivity index is 2.04. The Bertz CT molecular complexity index is 590. The van der Waals surface area contributed by atoms with Crippen LogP contribution in [0.3, 0.4) is 0 Å². The molecule has 1 fully saturated rings. The molecule has 6 nitrogen and oxygen atoms in total. The molecule has 2 rings (SSSR count). The number of amides is 1. The van der Waals surface area contributed by atoms with Crippen molar-refractivity contribution in [2.75, 3.05) is 26.2 Å². The number of carboxylic acid groups (broad SMARTS) is 1. The summed E-state index contributed by atoms with van der Waals surface area (Å²) in [5, 5.41) is 23.0. The summed E-state index contributed by atoms with van der Waals surface area (Å²) in [5.41, 5.74) is -0.328. The maximum atomic E-state index is 11.9. The van der Waals surface area contributed by atoms with Crippen LogP contribution in [-0.2, 0) is 16.0 Å². The molecule has 130 valence electrons. The third-order valence-corrected chi connectivity index (χ3v) is 4.54. The Morgan fingerprint density at radius 2 is 2.08 bits per heavy atom. The molecule has 1 aromatic carbocycles. The van der Waals surface area contributed by atoms with Gasteiger partial charge in [0, 0.05) is 13.1 Å². The first-order valence-electron chi connectivity index (χ1n) is 8.03. The van der Waals surface area contributed by atoms with Crippen LogP contribution in [0.5, 0.6) is 0 Å². The largest absolute Gasteiger partial charge is 0.481 e. The van der Waals surface area contributed by atoms with Gasteiger partial charge in [-0.15, -0.1) is 6.58 Å². The summed E-state index contributed by atoms with van der Waals surface area (Å²) in [5.74, 6) is -1.15. The number of likely N-dealkylation sites (tertiary alicyclic amines) is 1. The van der Waals surface area contributed by atoms with Crippen molar-refractivity contribution in [3.05, 3.63) is 48.6 Å². The van der Waals surface area contributed by atoms with E-state index in [0.717, 1.165) is 5.56 Å². The minimum atomic E-state index is -1.21. The SMILES string of the molecule is C=CCNC(=O)CN1CC[C@](Cc2ccccc2)(C(=O)O)[C@@H](O)C1. The first-order valence-corrected chi connectivity index (χ1v) is 8.03. The average molecular weight is 332 g/mol. The van der Waals surface area contributed by atoms with Gasteiger partial charge >= 0.3 is 5.97 Å². The number of β-amino-alcohol motifs (C(OH)–C–C–N with tert-alkyl or cyclic N) is 1. The molecular formula is C18H24N2O4. The molecule has 1 aliphatic rings. The van der Waals surface area contributed by atoms with Gasteiger partial charge in [-0.3, -0.25) is 14.5 Å². The monoisotopic (exact) mass is 332 g/mol. The predicted octanol–water partition coefficient (Wildman–Crippen LogP) is 0.669. The Hall–Kier alpha value is -2.18. The summed E-state index contributed by atoms with van der Waals surface area (Å²) in [6.45, 7) is 4.70. The Kier molecular flexibility index (Phi) is 6.11. The smallest absolute Gasteiger partial charge is 0.312 e. The molecular weight excluding hydrogens is 308 g/mol. The number of rotatable bonds is 7. The lowest BCUT2D eigenvalue weighted by atomic mass is 9.71. The van der Waals surface area contributed by atoms with Crippen LogP contribution in [-0.4, -0.2) is 59.3 Å². The maximum absolute atomic E-state index is 11.9. The molecule has 0 aliphatic carbocycles. The van der Waals surface area contributed by atoms with Gasteiger partial charge in [0.15, 0.2) is 0 Å². The minimum Gasteiger partial charge on any atom is -0.481 e. The molecule has 0 spiro atoms. The van der Waals surface area contributed by atoms with E-state index in [-0.39, 0.29) is 25.4 Å². The van der Waals surface area contributed by atoms with E-state index >= 15 is 0 Å². The van der Waals surface area contributed by atoms with E-state index in [9.17, 15) is 19.8 Å². The predicted molar refractivity (Wildman–Crippen MR) is 90.5 cm³/mol. The Labute approximate surface area is 141 Å². The molecule has 6 heteroatoms.